The van der Waals surface area contributed by atoms with Crippen LogP contribution in [0.1, 0.15) is 56.2 Å². The SMILES string of the molecule is CC(C)(C)n1nnnc1C(NC(CC(=O)O)c1ccc(Cl)c(Cl)c1)c1ccc2ccccc2c1. The Bertz CT molecular complexity index is 1330. The first-order valence-electron chi connectivity index (χ1n) is 10.8. The molecule has 2 atom stereocenters. The normalized spacial score (nSPS) is 13.7. The fourth-order valence-electron chi connectivity index (χ4n) is 3.94. The van der Waals surface area contributed by atoms with Crippen molar-refractivity contribution in [2.45, 2.75) is 44.8 Å². The van der Waals surface area contributed by atoms with Crippen molar-refractivity contribution >= 4 is 39.9 Å². The maximum absolute atomic E-state index is 11.8. The number of carboxylic acid groups (broad SMARTS) is 1. The van der Waals surface area contributed by atoms with Crippen LogP contribution in [0.15, 0.2) is 60.7 Å². The molecule has 0 fully saturated rings. The zero-order valence-electron chi connectivity index (χ0n) is 19.0. The molecule has 1 heterocycles. The van der Waals surface area contributed by atoms with E-state index in [4.69, 9.17) is 23.2 Å². The summed E-state index contributed by atoms with van der Waals surface area (Å²) in [7, 11) is 0. The number of tetrazole rings is 1. The van der Waals surface area contributed by atoms with E-state index in [1.165, 1.54) is 0 Å². The molecule has 0 radical (unpaired) electrons. The fourth-order valence-corrected chi connectivity index (χ4v) is 4.24. The van der Waals surface area contributed by atoms with Gasteiger partial charge in [-0.25, -0.2) is 4.68 Å². The molecule has 0 aliphatic carbocycles. The number of carboxylic acids is 1. The van der Waals surface area contributed by atoms with Crippen molar-refractivity contribution < 1.29 is 9.90 Å². The van der Waals surface area contributed by atoms with Gasteiger partial charge >= 0.3 is 5.97 Å². The van der Waals surface area contributed by atoms with Crippen molar-refractivity contribution in [1.82, 2.24) is 25.5 Å². The van der Waals surface area contributed by atoms with Gasteiger partial charge < -0.3 is 5.11 Å². The van der Waals surface area contributed by atoms with Gasteiger partial charge in [0, 0.05) is 6.04 Å². The smallest absolute Gasteiger partial charge is 0.305 e. The van der Waals surface area contributed by atoms with Gasteiger partial charge in [0.05, 0.1) is 28.0 Å². The van der Waals surface area contributed by atoms with Crippen LogP contribution in [0.3, 0.4) is 0 Å². The number of nitrogens with one attached hydrogen (secondary N) is 1. The van der Waals surface area contributed by atoms with Gasteiger partial charge in [-0.05, 0) is 71.3 Å². The summed E-state index contributed by atoms with van der Waals surface area (Å²) in [4.78, 5) is 11.8. The molecule has 0 aliphatic heterocycles. The van der Waals surface area contributed by atoms with Gasteiger partial charge in [0.2, 0.25) is 0 Å². The maximum atomic E-state index is 11.8. The molecule has 0 amide bonds. The minimum atomic E-state index is -0.948. The lowest BCUT2D eigenvalue weighted by Gasteiger charge is -2.28. The number of hydrogen-bond donors (Lipinski definition) is 2. The summed E-state index contributed by atoms with van der Waals surface area (Å²) >= 11 is 12.4. The van der Waals surface area contributed by atoms with E-state index >= 15 is 0 Å². The second kappa shape index (κ2) is 9.70. The highest BCUT2D eigenvalue weighted by atomic mass is 35.5. The molecule has 7 nitrogen and oxygen atoms in total. The highest BCUT2D eigenvalue weighted by molar-refractivity contribution is 6.42. The number of fused-ring (bicyclic) bond motifs is 1. The largest absolute Gasteiger partial charge is 0.481 e. The second-order valence-electron chi connectivity index (χ2n) is 9.15. The van der Waals surface area contributed by atoms with Crippen molar-refractivity contribution in [3.63, 3.8) is 0 Å². The van der Waals surface area contributed by atoms with Crippen molar-refractivity contribution in [2.24, 2.45) is 0 Å². The van der Waals surface area contributed by atoms with Crippen LogP contribution in [0.4, 0.5) is 0 Å². The Kier molecular flexibility index (Phi) is 6.89. The standard InChI is InChI=1S/C25H25Cl2N5O2/c1-25(2,3)32-24(29-30-31-32)23(18-9-8-15-6-4-5-7-16(15)12-18)28-21(14-22(33)34)17-10-11-19(26)20(27)13-17/h4-13,21,23,28H,14H2,1-3H3,(H,33,34). The van der Waals surface area contributed by atoms with Gasteiger partial charge in [-0.2, -0.15) is 0 Å². The third-order valence-electron chi connectivity index (χ3n) is 5.59. The van der Waals surface area contributed by atoms with E-state index in [9.17, 15) is 9.90 Å². The molecule has 0 saturated heterocycles. The van der Waals surface area contributed by atoms with E-state index < -0.39 is 18.1 Å². The molecule has 176 valence electrons. The quantitative estimate of drug-likeness (QED) is 0.336. The summed E-state index contributed by atoms with van der Waals surface area (Å²) < 4.78 is 1.76. The predicted molar refractivity (Wildman–Crippen MR) is 133 cm³/mol. The Labute approximate surface area is 207 Å². The van der Waals surface area contributed by atoms with Gasteiger partial charge in [0.1, 0.15) is 0 Å². The molecule has 3 aromatic carbocycles. The van der Waals surface area contributed by atoms with Crippen molar-refractivity contribution in [1.29, 1.82) is 0 Å². The summed E-state index contributed by atoms with van der Waals surface area (Å²) in [5, 5.41) is 28.6. The Hall–Kier alpha value is -3.00. The predicted octanol–water partition coefficient (Wildman–Crippen LogP) is 5.78. The zero-order chi connectivity index (χ0) is 24.5. The number of benzene rings is 3. The van der Waals surface area contributed by atoms with Crippen LogP contribution in [0, 0.1) is 0 Å². The number of hydrogen-bond acceptors (Lipinski definition) is 5. The van der Waals surface area contributed by atoms with Gasteiger partial charge in [-0.15, -0.1) is 5.10 Å². The fraction of sp³-hybridized carbons (Fsp3) is 0.280. The van der Waals surface area contributed by atoms with E-state index in [2.05, 4.69) is 26.9 Å². The van der Waals surface area contributed by atoms with Crippen LogP contribution in [-0.2, 0) is 10.3 Å². The third-order valence-corrected chi connectivity index (χ3v) is 6.33. The van der Waals surface area contributed by atoms with Crippen LogP contribution in [0.25, 0.3) is 10.8 Å². The van der Waals surface area contributed by atoms with Gasteiger partial charge in [-0.1, -0.05) is 65.7 Å². The molecule has 0 bridgehead atoms. The Morgan fingerprint density at radius 3 is 2.38 bits per heavy atom. The maximum Gasteiger partial charge on any atom is 0.305 e. The highest BCUT2D eigenvalue weighted by Gasteiger charge is 2.30. The van der Waals surface area contributed by atoms with Crippen LogP contribution >= 0.6 is 23.2 Å². The van der Waals surface area contributed by atoms with Gasteiger partial charge in [0.25, 0.3) is 0 Å². The number of rotatable bonds is 7. The van der Waals surface area contributed by atoms with Crippen LogP contribution in [-0.4, -0.2) is 31.3 Å². The average molecular weight is 498 g/mol. The average Bonchev–Trinajstić information content (AvgIpc) is 3.28. The Morgan fingerprint density at radius 2 is 1.71 bits per heavy atom. The molecule has 2 N–H and O–H groups in total. The molecule has 34 heavy (non-hydrogen) atoms. The summed E-state index contributed by atoms with van der Waals surface area (Å²) in [5.41, 5.74) is 1.23. The number of carbonyl (C=O) groups is 1. The topological polar surface area (TPSA) is 92.9 Å². The summed E-state index contributed by atoms with van der Waals surface area (Å²) in [6.45, 7) is 6.04. The molecule has 4 aromatic rings. The molecular formula is C25H25Cl2N5O2. The molecule has 2 unspecified atom stereocenters. The second-order valence-corrected chi connectivity index (χ2v) is 9.96. The lowest BCUT2D eigenvalue weighted by atomic mass is 9.97. The van der Waals surface area contributed by atoms with Crippen molar-refractivity contribution in [2.75, 3.05) is 0 Å². The lowest BCUT2D eigenvalue weighted by Crippen LogP contribution is -2.34. The van der Waals surface area contributed by atoms with Gasteiger partial charge in [-0.3, -0.25) is 10.1 Å². The summed E-state index contributed by atoms with van der Waals surface area (Å²) in [6.07, 6.45) is -0.168. The van der Waals surface area contributed by atoms with E-state index in [0.717, 1.165) is 16.3 Å². The number of halogens is 2. The molecule has 0 saturated carbocycles. The van der Waals surface area contributed by atoms with Crippen LogP contribution in [0.2, 0.25) is 10.0 Å². The number of aliphatic carboxylic acids is 1. The van der Waals surface area contributed by atoms with Crippen LogP contribution < -0.4 is 5.32 Å². The monoisotopic (exact) mass is 497 g/mol. The Balaban J connectivity index is 1.84. The molecule has 0 spiro atoms. The van der Waals surface area contributed by atoms with Crippen molar-refractivity contribution in [3.8, 4) is 0 Å². The van der Waals surface area contributed by atoms with E-state index in [1.807, 2.05) is 57.2 Å². The van der Waals surface area contributed by atoms with E-state index in [1.54, 1.807) is 22.9 Å². The first-order chi connectivity index (χ1) is 16.1. The summed E-state index contributed by atoms with van der Waals surface area (Å²) in [6, 6.07) is 18.2. The van der Waals surface area contributed by atoms with E-state index in [0.29, 0.717) is 21.4 Å². The zero-order valence-corrected chi connectivity index (χ0v) is 20.5. The minimum Gasteiger partial charge on any atom is -0.481 e. The molecule has 1 aromatic heterocycles. The minimum absolute atomic E-state index is 0.168. The number of nitrogens with zero attached hydrogens (tertiary/aromatic N) is 4. The highest BCUT2D eigenvalue weighted by Crippen LogP contribution is 2.32. The summed E-state index contributed by atoms with van der Waals surface area (Å²) in [5.74, 6) is -0.366. The lowest BCUT2D eigenvalue weighted by molar-refractivity contribution is -0.137. The van der Waals surface area contributed by atoms with Gasteiger partial charge in [0.15, 0.2) is 5.82 Å². The Morgan fingerprint density at radius 1 is 1.00 bits per heavy atom. The number of aromatic nitrogens is 4. The van der Waals surface area contributed by atoms with Crippen molar-refractivity contribution in [3.05, 3.63) is 87.7 Å². The first-order valence-corrected chi connectivity index (χ1v) is 11.6. The molecule has 0 aliphatic rings. The third kappa shape index (κ3) is 5.22. The first kappa shape index (κ1) is 24.1. The molecule has 9 heteroatoms. The molecule has 4 rings (SSSR count). The van der Waals surface area contributed by atoms with Crippen LogP contribution in [0.5, 0.6) is 0 Å². The van der Waals surface area contributed by atoms with E-state index in [-0.39, 0.29) is 12.0 Å². The molecular weight excluding hydrogens is 473 g/mol.